The van der Waals surface area contributed by atoms with E-state index in [4.69, 9.17) is 11.6 Å². The summed E-state index contributed by atoms with van der Waals surface area (Å²) in [5.41, 5.74) is 3.42. The number of halogens is 1. The third kappa shape index (κ3) is 1.12. The molecule has 1 aliphatic rings. The van der Waals surface area contributed by atoms with Crippen molar-refractivity contribution in [1.82, 2.24) is 0 Å². The molecule has 0 radical (unpaired) electrons. The van der Waals surface area contributed by atoms with Crippen LogP contribution in [0.15, 0.2) is 30.5 Å². The highest BCUT2D eigenvalue weighted by Crippen LogP contribution is 2.29. The van der Waals surface area contributed by atoms with E-state index in [0.29, 0.717) is 0 Å². The fraction of sp³-hybridized carbons (Fsp3) is 0.111. The first kappa shape index (κ1) is 6.74. The van der Waals surface area contributed by atoms with Gasteiger partial charge in [0.05, 0.1) is 0 Å². The van der Waals surface area contributed by atoms with E-state index in [1.807, 2.05) is 18.2 Å². The Hall–Kier alpha value is -0.950. The zero-order valence-corrected chi connectivity index (χ0v) is 6.78. The van der Waals surface area contributed by atoms with Gasteiger partial charge in [-0.1, -0.05) is 18.2 Å². The van der Waals surface area contributed by atoms with E-state index in [1.54, 1.807) is 0 Å². The molecule has 1 aliphatic heterocycles. The lowest BCUT2D eigenvalue weighted by atomic mass is 10.1. The molecule has 0 amide bonds. The molecule has 0 aromatic heterocycles. The summed E-state index contributed by atoms with van der Waals surface area (Å²) < 4.78 is 0. The molecule has 1 nitrogen and oxygen atoms in total. The molecular formula is C9H8ClN. The highest BCUT2D eigenvalue weighted by molar-refractivity contribution is 6.30. The first-order valence-electron chi connectivity index (χ1n) is 3.49. The molecule has 0 fully saturated rings. The van der Waals surface area contributed by atoms with Crippen LogP contribution in [-0.2, 0) is 6.42 Å². The third-order valence-electron chi connectivity index (χ3n) is 1.78. The van der Waals surface area contributed by atoms with E-state index in [0.717, 1.165) is 22.8 Å². The topological polar surface area (TPSA) is 12.0 Å². The fourth-order valence-electron chi connectivity index (χ4n) is 1.30. The van der Waals surface area contributed by atoms with Crippen molar-refractivity contribution < 1.29 is 0 Å². The van der Waals surface area contributed by atoms with Gasteiger partial charge in [-0.05, 0) is 23.8 Å². The summed E-state index contributed by atoms with van der Waals surface area (Å²) in [4.78, 5) is 0. The molecule has 0 unspecified atom stereocenters. The van der Waals surface area contributed by atoms with Crippen molar-refractivity contribution in [2.45, 2.75) is 6.42 Å². The summed E-state index contributed by atoms with van der Waals surface area (Å²) in [6.07, 6.45) is 0.899. The number of fused-ring (bicyclic) bond motifs is 1. The van der Waals surface area contributed by atoms with Crippen LogP contribution in [0.5, 0.6) is 0 Å². The second-order valence-corrected chi connectivity index (χ2v) is 3.14. The van der Waals surface area contributed by atoms with Gasteiger partial charge in [-0.15, -0.1) is 0 Å². The summed E-state index contributed by atoms with van der Waals surface area (Å²) in [7, 11) is 0. The van der Waals surface area contributed by atoms with Crippen LogP contribution in [-0.4, -0.2) is 0 Å². The Morgan fingerprint density at radius 2 is 2.27 bits per heavy atom. The quantitative estimate of drug-likeness (QED) is 0.624. The third-order valence-corrected chi connectivity index (χ3v) is 2.02. The number of hydrogen-bond donors (Lipinski definition) is 1. The molecule has 1 N–H and O–H groups in total. The smallest absolute Gasteiger partial charge is 0.0419 e. The summed E-state index contributed by atoms with van der Waals surface area (Å²) in [6, 6.07) is 5.84. The van der Waals surface area contributed by atoms with E-state index in [9.17, 15) is 0 Å². The predicted molar refractivity (Wildman–Crippen MR) is 47.9 cm³/mol. The Kier molecular flexibility index (Phi) is 1.40. The average Bonchev–Trinajstić information content (AvgIpc) is 2.27. The standard InChI is InChI=1S/C9H8ClN/c1-6-4-7-5-8(10)2-3-9(7)11-6/h2-3,5,11H,1,4H2. The first-order valence-corrected chi connectivity index (χ1v) is 3.87. The monoisotopic (exact) mass is 165 g/mol. The fourth-order valence-corrected chi connectivity index (χ4v) is 1.49. The largest absolute Gasteiger partial charge is 0.359 e. The molecular weight excluding hydrogens is 158 g/mol. The maximum atomic E-state index is 5.81. The van der Waals surface area contributed by atoms with Crippen LogP contribution in [0.2, 0.25) is 5.02 Å². The number of anilines is 1. The van der Waals surface area contributed by atoms with E-state index >= 15 is 0 Å². The van der Waals surface area contributed by atoms with E-state index in [-0.39, 0.29) is 0 Å². The molecule has 0 saturated heterocycles. The molecule has 1 heterocycles. The Morgan fingerprint density at radius 3 is 3.09 bits per heavy atom. The van der Waals surface area contributed by atoms with Crippen LogP contribution < -0.4 is 5.32 Å². The van der Waals surface area contributed by atoms with E-state index in [1.165, 1.54) is 5.56 Å². The zero-order chi connectivity index (χ0) is 7.84. The summed E-state index contributed by atoms with van der Waals surface area (Å²) in [6.45, 7) is 3.84. The molecule has 11 heavy (non-hydrogen) atoms. The number of allylic oxidation sites excluding steroid dienone is 1. The number of benzene rings is 1. The van der Waals surface area contributed by atoms with E-state index < -0.39 is 0 Å². The van der Waals surface area contributed by atoms with Crippen molar-refractivity contribution in [3.8, 4) is 0 Å². The maximum Gasteiger partial charge on any atom is 0.0419 e. The van der Waals surface area contributed by atoms with Gasteiger partial charge >= 0.3 is 0 Å². The molecule has 0 bridgehead atoms. The molecule has 2 rings (SSSR count). The predicted octanol–water partition coefficient (Wildman–Crippen LogP) is 2.82. The second-order valence-electron chi connectivity index (χ2n) is 2.71. The van der Waals surface area contributed by atoms with Crippen LogP contribution in [0, 0.1) is 0 Å². The normalized spacial score (nSPS) is 14.5. The van der Waals surface area contributed by atoms with Gasteiger partial charge in [0.25, 0.3) is 0 Å². The minimum Gasteiger partial charge on any atom is -0.359 e. The Labute approximate surface area is 70.7 Å². The van der Waals surface area contributed by atoms with Crippen LogP contribution in [0.1, 0.15) is 5.56 Å². The highest BCUT2D eigenvalue weighted by Gasteiger charge is 2.12. The second kappa shape index (κ2) is 2.28. The van der Waals surface area contributed by atoms with Gasteiger partial charge in [0.15, 0.2) is 0 Å². The van der Waals surface area contributed by atoms with Crippen molar-refractivity contribution in [2.75, 3.05) is 5.32 Å². The summed E-state index contributed by atoms with van der Waals surface area (Å²) in [5.74, 6) is 0. The lowest BCUT2D eigenvalue weighted by Gasteiger charge is -1.97. The van der Waals surface area contributed by atoms with Crippen molar-refractivity contribution in [1.29, 1.82) is 0 Å². The average molecular weight is 166 g/mol. The molecule has 0 atom stereocenters. The first-order chi connectivity index (χ1) is 5.25. The summed E-state index contributed by atoms with van der Waals surface area (Å²) in [5, 5.41) is 3.96. The molecule has 56 valence electrons. The maximum absolute atomic E-state index is 5.81. The van der Waals surface area contributed by atoms with Crippen molar-refractivity contribution in [3.05, 3.63) is 41.1 Å². The van der Waals surface area contributed by atoms with E-state index in [2.05, 4.69) is 11.9 Å². The lowest BCUT2D eigenvalue weighted by Crippen LogP contribution is -1.86. The van der Waals surface area contributed by atoms with Crippen molar-refractivity contribution >= 4 is 17.3 Å². The molecule has 0 spiro atoms. The Morgan fingerprint density at radius 1 is 1.45 bits per heavy atom. The van der Waals surface area contributed by atoms with Gasteiger partial charge in [0, 0.05) is 22.8 Å². The minimum atomic E-state index is 0.792. The van der Waals surface area contributed by atoms with Crippen LogP contribution in [0.25, 0.3) is 0 Å². The number of hydrogen-bond acceptors (Lipinski definition) is 1. The number of nitrogens with one attached hydrogen (secondary N) is 1. The lowest BCUT2D eigenvalue weighted by molar-refractivity contribution is 1.26. The van der Waals surface area contributed by atoms with Gasteiger partial charge in [-0.2, -0.15) is 0 Å². The molecule has 0 saturated carbocycles. The van der Waals surface area contributed by atoms with Gasteiger partial charge in [0.2, 0.25) is 0 Å². The SMILES string of the molecule is C=C1Cc2cc(Cl)ccc2N1. The highest BCUT2D eigenvalue weighted by atomic mass is 35.5. The van der Waals surface area contributed by atoms with Gasteiger partial charge in [-0.3, -0.25) is 0 Å². The molecule has 0 aliphatic carbocycles. The molecule has 1 aromatic rings. The van der Waals surface area contributed by atoms with Gasteiger partial charge < -0.3 is 5.32 Å². The van der Waals surface area contributed by atoms with Crippen molar-refractivity contribution in [3.63, 3.8) is 0 Å². The molecule has 1 aromatic carbocycles. The van der Waals surface area contributed by atoms with Crippen LogP contribution in [0.4, 0.5) is 5.69 Å². The van der Waals surface area contributed by atoms with Crippen LogP contribution >= 0.6 is 11.6 Å². The molecule has 2 heteroatoms. The minimum absolute atomic E-state index is 0.792. The Bertz CT molecular complexity index is 317. The van der Waals surface area contributed by atoms with Gasteiger partial charge in [-0.25, -0.2) is 0 Å². The van der Waals surface area contributed by atoms with Crippen molar-refractivity contribution in [2.24, 2.45) is 0 Å². The van der Waals surface area contributed by atoms with Crippen LogP contribution in [0.3, 0.4) is 0 Å². The summed E-state index contributed by atoms with van der Waals surface area (Å²) >= 11 is 5.81. The van der Waals surface area contributed by atoms with Gasteiger partial charge in [0.1, 0.15) is 0 Å². The number of rotatable bonds is 0. The zero-order valence-electron chi connectivity index (χ0n) is 6.02. The Balaban J connectivity index is 2.51.